The van der Waals surface area contributed by atoms with E-state index >= 15 is 0 Å². The molecule has 0 aromatic heterocycles. The van der Waals surface area contributed by atoms with Crippen LogP contribution in [0.4, 0.5) is 0 Å². The molecule has 3 rings (SSSR count). The average molecular weight is 426 g/mol. The standard InChI is InChI=1S/C25H28ClNO3/c1-3-29-24-10-6-8-21(25(24)30-18-19-11-13-22(26)14-12-19)17-27-16-15-20-7-4-5-9-23(20)28-2/h4-14,27H,3,15-18H2,1-2H3. The molecule has 0 heterocycles. The molecular weight excluding hydrogens is 398 g/mol. The molecule has 30 heavy (non-hydrogen) atoms. The first-order valence-corrected chi connectivity index (χ1v) is 10.5. The second kappa shape index (κ2) is 11.5. The number of hydrogen-bond donors (Lipinski definition) is 1. The molecule has 0 radical (unpaired) electrons. The summed E-state index contributed by atoms with van der Waals surface area (Å²) in [7, 11) is 1.70. The molecule has 0 amide bonds. The van der Waals surface area contributed by atoms with E-state index in [1.165, 1.54) is 5.56 Å². The number of halogens is 1. The quantitative estimate of drug-likeness (QED) is 0.402. The van der Waals surface area contributed by atoms with Crippen molar-refractivity contribution >= 4 is 11.6 Å². The third-order valence-electron chi connectivity index (χ3n) is 4.74. The van der Waals surface area contributed by atoms with E-state index in [1.54, 1.807) is 7.11 Å². The Morgan fingerprint density at radius 1 is 0.833 bits per heavy atom. The molecule has 5 heteroatoms. The number of hydrogen-bond acceptors (Lipinski definition) is 4. The molecule has 0 bridgehead atoms. The summed E-state index contributed by atoms with van der Waals surface area (Å²) in [5.41, 5.74) is 3.31. The van der Waals surface area contributed by atoms with Gasteiger partial charge in [-0.15, -0.1) is 0 Å². The first-order chi connectivity index (χ1) is 14.7. The Morgan fingerprint density at radius 3 is 2.33 bits per heavy atom. The van der Waals surface area contributed by atoms with Gasteiger partial charge < -0.3 is 19.5 Å². The monoisotopic (exact) mass is 425 g/mol. The Balaban J connectivity index is 1.64. The lowest BCUT2D eigenvalue weighted by atomic mass is 10.1. The third-order valence-corrected chi connectivity index (χ3v) is 4.99. The smallest absolute Gasteiger partial charge is 0.166 e. The summed E-state index contributed by atoms with van der Waals surface area (Å²) in [6, 6.07) is 21.8. The van der Waals surface area contributed by atoms with Crippen molar-refractivity contribution in [1.29, 1.82) is 0 Å². The summed E-state index contributed by atoms with van der Waals surface area (Å²) < 4.78 is 17.4. The highest BCUT2D eigenvalue weighted by Crippen LogP contribution is 2.32. The maximum absolute atomic E-state index is 6.17. The molecule has 4 nitrogen and oxygen atoms in total. The summed E-state index contributed by atoms with van der Waals surface area (Å²) in [5.74, 6) is 2.46. The van der Waals surface area contributed by atoms with Crippen molar-refractivity contribution in [2.75, 3.05) is 20.3 Å². The molecule has 0 saturated carbocycles. The zero-order chi connectivity index (χ0) is 21.2. The lowest BCUT2D eigenvalue weighted by Gasteiger charge is -2.17. The topological polar surface area (TPSA) is 39.7 Å². The molecule has 0 fully saturated rings. The van der Waals surface area contributed by atoms with Gasteiger partial charge in [0.1, 0.15) is 12.4 Å². The summed E-state index contributed by atoms with van der Waals surface area (Å²) in [4.78, 5) is 0. The minimum Gasteiger partial charge on any atom is -0.496 e. The summed E-state index contributed by atoms with van der Waals surface area (Å²) >= 11 is 5.98. The zero-order valence-corrected chi connectivity index (χ0v) is 18.2. The number of ether oxygens (including phenoxy) is 3. The van der Waals surface area contributed by atoms with Crippen molar-refractivity contribution in [2.24, 2.45) is 0 Å². The first-order valence-electron chi connectivity index (χ1n) is 10.2. The Hall–Kier alpha value is -2.69. The Bertz CT molecular complexity index is 928. The SMILES string of the molecule is CCOc1cccc(CNCCc2ccccc2OC)c1OCc1ccc(Cl)cc1. The van der Waals surface area contributed by atoms with E-state index in [9.17, 15) is 0 Å². The van der Waals surface area contributed by atoms with Gasteiger partial charge in [0.2, 0.25) is 0 Å². The fraction of sp³-hybridized carbons (Fsp3) is 0.280. The van der Waals surface area contributed by atoms with Gasteiger partial charge in [0.15, 0.2) is 11.5 Å². The van der Waals surface area contributed by atoms with Crippen LogP contribution in [-0.2, 0) is 19.6 Å². The molecule has 0 unspecified atom stereocenters. The molecule has 0 aliphatic rings. The van der Waals surface area contributed by atoms with Gasteiger partial charge in [0.25, 0.3) is 0 Å². The van der Waals surface area contributed by atoms with Crippen LogP contribution in [0.3, 0.4) is 0 Å². The molecule has 1 N–H and O–H groups in total. The van der Waals surface area contributed by atoms with E-state index in [2.05, 4.69) is 17.4 Å². The molecule has 0 spiro atoms. The van der Waals surface area contributed by atoms with Crippen molar-refractivity contribution in [3.05, 3.63) is 88.4 Å². The van der Waals surface area contributed by atoms with E-state index < -0.39 is 0 Å². The molecule has 0 saturated heterocycles. The summed E-state index contributed by atoms with van der Waals surface area (Å²) in [6.07, 6.45) is 0.885. The van der Waals surface area contributed by atoms with Gasteiger partial charge in [-0.2, -0.15) is 0 Å². The van der Waals surface area contributed by atoms with Gasteiger partial charge in [0, 0.05) is 17.1 Å². The van der Waals surface area contributed by atoms with Crippen LogP contribution in [-0.4, -0.2) is 20.3 Å². The molecule has 3 aromatic rings. The normalized spacial score (nSPS) is 10.6. The van der Waals surface area contributed by atoms with E-state index in [-0.39, 0.29) is 0 Å². The third kappa shape index (κ3) is 6.15. The lowest BCUT2D eigenvalue weighted by Crippen LogP contribution is -2.18. The molecule has 158 valence electrons. The molecular formula is C25H28ClNO3. The van der Waals surface area contributed by atoms with Crippen LogP contribution in [0.15, 0.2) is 66.7 Å². The van der Waals surface area contributed by atoms with Crippen LogP contribution in [0.2, 0.25) is 5.02 Å². The van der Waals surface area contributed by atoms with Gasteiger partial charge in [-0.1, -0.05) is 54.1 Å². The van der Waals surface area contributed by atoms with E-state index in [1.807, 2.05) is 61.5 Å². The van der Waals surface area contributed by atoms with Crippen LogP contribution in [0.5, 0.6) is 17.2 Å². The van der Waals surface area contributed by atoms with Crippen LogP contribution in [0, 0.1) is 0 Å². The molecule has 0 aliphatic carbocycles. The number of rotatable bonds is 11. The summed E-state index contributed by atoms with van der Waals surface area (Å²) in [5, 5.41) is 4.22. The van der Waals surface area contributed by atoms with Gasteiger partial charge in [-0.25, -0.2) is 0 Å². The van der Waals surface area contributed by atoms with Crippen LogP contribution >= 0.6 is 11.6 Å². The van der Waals surface area contributed by atoms with E-state index in [4.69, 9.17) is 25.8 Å². The van der Waals surface area contributed by atoms with Crippen LogP contribution in [0.1, 0.15) is 23.6 Å². The molecule has 0 aliphatic heterocycles. The fourth-order valence-corrected chi connectivity index (χ4v) is 3.35. The predicted octanol–water partition coefficient (Wildman–Crippen LogP) is 5.66. The highest BCUT2D eigenvalue weighted by atomic mass is 35.5. The second-order valence-electron chi connectivity index (χ2n) is 6.83. The number of benzene rings is 3. The van der Waals surface area contributed by atoms with Crippen molar-refractivity contribution < 1.29 is 14.2 Å². The first kappa shape index (κ1) is 22.0. The minimum absolute atomic E-state index is 0.454. The number of nitrogens with one attached hydrogen (secondary N) is 1. The van der Waals surface area contributed by atoms with Crippen molar-refractivity contribution in [3.63, 3.8) is 0 Å². The fourth-order valence-electron chi connectivity index (χ4n) is 3.23. The predicted molar refractivity (Wildman–Crippen MR) is 122 cm³/mol. The van der Waals surface area contributed by atoms with Crippen molar-refractivity contribution in [2.45, 2.75) is 26.5 Å². The Morgan fingerprint density at radius 2 is 1.57 bits per heavy atom. The lowest BCUT2D eigenvalue weighted by molar-refractivity contribution is 0.266. The van der Waals surface area contributed by atoms with Crippen LogP contribution in [0.25, 0.3) is 0 Å². The van der Waals surface area contributed by atoms with Crippen LogP contribution < -0.4 is 19.5 Å². The van der Waals surface area contributed by atoms with Crippen molar-refractivity contribution in [3.8, 4) is 17.2 Å². The van der Waals surface area contributed by atoms with Crippen molar-refractivity contribution in [1.82, 2.24) is 5.32 Å². The zero-order valence-electron chi connectivity index (χ0n) is 17.5. The molecule has 0 atom stereocenters. The van der Waals surface area contributed by atoms with Gasteiger partial charge in [0.05, 0.1) is 13.7 Å². The molecule has 3 aromatic carbocycles. The van der Waals surface area contributed by atoms with E-state index in [0.29, 0.717) is 24.8 Å². The average Bonchev–Trinajstić information content (AvgIpc) is 2.77. The summed E-state index contributed by atoms with van der Waals surface area (Å²) in [6.45, 7) is 4.53. The second-order valence-corrected chi connectivity index (χ2v) is 7.27. The van der Waals surface area contributed by atoms with Gasteiger partial charge in [-0.3, -0.25) is 0 Å². The minimum atomic E-state index is 0.454. The van der Waals surface area contributed by atoms with E-state index in [0.717, 1.165) is 41.3 Å². The Kier molecular flexibility index (Phi) is 8.42. The maximum Gasteiger partial charge on any atom is 0.166 e. The maximum atomic E-state index is 6.17. The highest BCUT2D eigenvalue weighted by molar-refractivity contribution is 6.30. The van der Waals surface area contributed by atoms with Gasteiger partial charge >= 0.3 is 0 Å². The number of para-hydroxylation sites is 2. The number of methoxy groups -OCH3 is 1. The Labute approximate surface area is 183 Å². The largest absolute Gasteiger partial charge is 0.496 e. The van der Waals surface area contributed by atoms with Gasteiger partial charge in [-0.05, 0) is 55.3 Å². The highest BCUT2D eigenvalue weighted by Gasteiger charge is 2.12.